The van der Waals surface area contributed by atoms with Crippen LogP contribution in [0.25, 0.3) is 5.69 Å². The summed E-state index contributed by atoms with van der Waals surface area (Å²) < 4.78 is 2.15. The number of rotatable bonds is 6. The fourth-order valence-electron chi connectivity index (χ4n) is 2.71. The molecule has 3 heteroatoms. The molecule has 2 rings (SSSR count). The van der Waals surface area contributed by atoms with Crippen LogP contribution in [0.3, 0.4) is 0 Å². The minimum atomic E-state index is 0. The Bertz CT molecular complexity index is 502. The Labute approximate surface area is 130 Å². The van der Waals surface area contributed by atoms with Crippen molar-refractivity contribution in [2.24, 2.45) is 0 Å². The molecule has 22 heavy (non-hydrogen) atoms. The van der Waals surface area contributed by atoms with Crippen LogP contribution in [0.15, 0.2) is 36.9 Å². The third-order valence-corrected chi connectivity index (χ3v) is 3.71. The minimum absolute atomic E-state index is 0. The van der Waals surface area contributed by atoms with Gasteiger partial charge < -0.3 is 4.57 Å². The van der Waals surface area contributed by atoms with Crippen LogP contribution >= 0.6 is 0 Å². The van der Waals surface area contributed by atoms with Gasteiger partial charge in [-0.25, -0.2) is 4.98 Å². The Kier molecular flexibility index (Phi) is 8.85. The van der Waals surface area contributed by atoms with Gasteiger partial charge in [0, 0.05) is 12.4 Å². The number of hydrogen-bond acceptors (Lipinski definition) is 1. The molecule has 2 aromatic rings. The predicted octanol–water partition coefficient (Wildman–Crippen LogP) is 5.76. The molecule has 2 nitrogen and oxygen atoms in total. The fraction of sp³-hybridized carbons (Fsp3) is 0.474. The molecule has 118 valence electrons. The summed E-state index contributed by atoms with van der Waals surface area (Å²) >= 11 is 0. The fourth-order valence-corrected chi connectivity index (χ4v) is 2.71. The van der Waals surface area contributed by atoms with E-state index >= 15 is 0 Å². The topological polar surface area (TPSA) is 17.8 Å². The zero-order valence-electron chi connectivity index (χ0n) is 14.8. The first-order chi connectivity index (χ1) is 10.3. The van der Waals surface area contributed by atoms with Gasteiger partial charge in [0.15, 0.2) is 0 Å². The number of benzene rings is 1. The van der Waals surface area contributed by atoms with Gasteiger partial charge >= 0.3 is 0 Å². The van der Waals surface area contributed by atoms with Crippen molar-refractivity contribution in [3.63, 3.8) is 0 Å². The number of imidazole rings is 1. The van der Waals surface area contributed by atoms with Gasteiger partial charge in [-0.15, -0.1) is 6.07 Å². The van der Waals surface area contributed by atoms with Gasteiger partial charge in [-0.05, 0) is 5.92 Å². The molecule has 0 aliphatic rings. The van der Waals surface area contributed by atoms with Crippen molar-refractivity contribution in [2.45, 2.75) is 59.8 Å². The van der Waals surface area contributed by atoms with Gasteiger partial charge in [0.05, 0.1) is 6.33 Å². The Hall–Kier alpha value is -2.70. The molecule has 0 saturated heterocycles. The van der Waals surface area contributed by atoms with Crippen LogP contribution in [0.1, 0.15) is 70.9 Å². The molecule has 1 aromatic heterocycles. The van der Waals surface area contributed by atoms with E-state index in [-0.39, 0.29) is 0 Å². The maximum atomic E-state index is 4.20. The van der Waals surface area contributed by atoms with E-state index in [1.165, 1.54) is 29.7 Å². The molecular weight excluding hydrogens is 523 g/mol. The molecule has 0 radical (unpaired) electrons. The Morgan fingerprint density at radius 2 is 1.82 bits per heavy atom. The van der Waals surface area contributed by atoms with E-state index in [0.29, 0.717) is 5.92 Å². The van der Waals surface area contributed by atoms with E-state index < -0.39 is 0 Å². The molecule has 0 unspecified atom stereocenters. The number of hydrogen-bond donors (Lipinski definition) is 0. The SMILES string of the molecule is CC.CC[CH-]c1cccc(C(CC)CC)c1-n1ccnc1.[Rf]. The second kappa shape index (κ2) is 10.1. The van der Waals surface area contributed by atoms with Gasteiger partial charge in [0.2, 0.25) is 0 Å². The molecule has 1 heterocycles. The van der Waals surface area contributed by atoms with Crippen LogP contribution in [0.4, 0.5) is 0 Å². The zero-order valence-corrected chi connectivity index (χ0v) is 21.2. The third kappa shape index (κ3) is 4.15. The Balaban J connectivity index is 0.00000141. The molecular formula is C19H29N2Rf-. The maximum absolute atomic E-state index is 4.20. The van der Waals surface area contributed by atoms with Crippen molar-refractivity contribution in [2.75, 3.05) is 0 Å². The first-order valence-electron chi connectivity index (χ1n) is 8.26. The summed E-state index contributed by atoms with van der Waals surface area (Å²) in [4.78, 5) is 4.20. The van der Waals surface area contributed by atoms with Crippen LogP contribution in [0.5, 0.6) is 0 Å². The summed E-state index contributed by atoms with van der Waals surface area (Å²) in [5.41, 5.74) is 4.05. The van der Waals surface area contributed by atoms with Crippen molar-refractivity contribution in [3.05, 3.63) is 54.5 Å². The maximum Gasteiger partial charge on any atom is 0.0880 e. The summed E-state index contributed by atoms with van der Waals surface area (Å²) in [5, 5.41) is 0. The zero-order chi connectivity index (χ0) is 15.7. The standard InChI is InChI=1S/C17H23N2.C2H6.Rf/c1-4-8-15-9-7-10-16(14(5-2)6-3)17(15)19-12-11-18-13-19;1-2;/h7-14H,4-6H2,1-3H3;1-2H3;/q-1;;. The van der Waals surface area contributed by atoms with E-state index in [0.717, 1.165) is 6.42 Å². The van der Waals surface area contributed by atoms with Crippen LogP contribution < -0.4 is 0 Å². The molecule has 0 amide bonds. The molecule has 0 spiro atoms. The van der Waals surface area contributed by atoms with E-state index in [9.17, 15) is 0 Å². The summed E-state index contributed by atoms with van der Waals surface area (Å²) in [6.07, 6.45) is 11.5. The first kappa shape index (κ1) is 19.3. The number of para-hydroxylation sites is 1. The normalized spacial score (nSPS) is 9.73. The second-order valence-corrected chi connectivity index (χ2v) is 4.88. The monoisotopic (exact) mass is 552 g/mol. The quantitative estimate of drug-likeness (QED) is 0.417. The van der Waals surface area contributed by atoms with Crippen molar-refractivity contribution < 1.29 is 0 Å². The van der Waals surface area contributed by atoms with Crippen LogP contribution in [-0.4, -0.2) is 9.55 Å². The summed E-state index contributed by atoms with van der Waals surface area (Å²) in [6.45, 7) is 10.7. The van der Waals surface area contributed by atoms with Crippen molar-refractivity contribution in [1.29, 1.82) is 0 Å². The van der Waals surface area contributed by atoms with E-state index in [4.69, 9.17) is 0 Å². The van der Waals surface area contributed by atoms with Gasteiger partial charge in [0.1, 0.15) is 0 Å². The summed E-state index contributed by atoms with van der Waals surface area (Å²) in [6, 6.07) is 6.64. The van der Waals surface area contributed by atoms with Crippen molar-refractivity contribution in [1.82, 2.24) is 9.55 Å². The molecule has 0 atom stereocenters. The van der Waals surface area contributed by atoms with E-state index in [1.54, 1.807) is 0 Å². The average molecular weight is 552 g/mol. The van der Waals surface area contributed by atoms with E-state index in [2.05, 4.69) is 54.9 Å². The molecule has 0 bridgehead atoms. The van der Waals surface area contributed by atoms with Gasteiger partial charge in [-0.2, -0.15) is 18.1 Å². The van der Waals surface area contributed by atoms with Crippen LogP contribution in [0.2, 0.25) is 0 Å². The number of aromatic nitrogens is 2. The summed E-state index contributed by atoms with van der Waals surface area (Å²) in [5.74, 6) is 0.614. The van der Waals surface area contributed by atoms with Crippen molar-refractivity contribution in [3.8, 4) is 5.69 Å². The van der Waals surface area contributed by atoms with Gasteiger partial charge in [-0.3, -0.25) is 0 Å². The molecule has 0 N–H and O–H groups in total. The predicted molar refractivity (Wildman–Crippen MR) is 91.9 cm³/mol. The molecule has 0 aliphatic heterocycles. The molecule has 0 fully saturated rings. The molecule has 1 aromatic carbocycles. The Morgan fingerprint density at radius 1 is 1.14 bits per heavy atom. The summed E-state index contributed by atoms with van der Waals surface area (Å²) in [7, 11) is 0. The number of nitrogens with zero attached hydrogens (tertiary/aromatic N) is 2. The average Bonchev–Trinajstić information content (AvgIpc) is 3.05. The molecule has 0 saturated carbocycles. The van der Waals surface area contributed by atoms with Gasteiger partial charge in [-0.1, -0.05) is 71.2 Å². The van der Waals surface area contributed by atoms with Gasteiger partial charge in [0.25, 0.3) is 0 Å². The first-order valence-corrected chi connectivity index (χ1v) is 8.26. The largest absolute Gasteiger partial charge is 0.360 e. The Morgan fingerprint density at radius 3 is 2.32 bits per heavy atom. The van der Waals surface area contributed by atoms with E-state index in [1.807, 2.05) is 32.6 Å². The molecule has 0 aliphatic carbocycles. The second-order valence-electron chi connectivity index (χ2n) is 4.88. The third-order valence-electron chi connectivity index (χ3n) is 3.71. The van der Waals surface area contributed by atoms with Crippen LogP contribution in [0, 0.1) is 6.42 Å². The van der Waals surface area contributed by atoms with Crippen molar-refractivity contribution >= 4 is 0 Å². The smallest absolute Gasteiger partial charge is 0.0880 e. The van der Waals surface area contributed by atoms with Crippen LogP contribution in [-0.2, 0) is 0 Å². The minimum Gasteiger partial charge on any atom is -0.360 e.